The average molecular weight is 292 g/mol. The number of hydrogen-bond acceptors (Lipinski definition) is 6. The number of thioether (sulfide) groups is 1. The van der Waals surface area contributed by atoms with Gasteiger partial charge in [-0.05, 0) is 17.1 Å². The Morgan fingerprint density at radius 2 is 2.11 bits per heavy atom. The van der Waals surface area contributed by atoms with Gasteiger partial charge >= 0.3 is 0 Å². The lowest BCUT2D eigenvalue weighted by atomic mass is 10.2. The van der Waals surface area contributed by atoms with Crippen LogP contribution in [-0.2, 0) is 5.75 Å². The molecule has 0 saturated carbocycles. The third-order valence-electron chi connectivity index (χ3n) is 2.42. The summed E-state index contributed by atoms with van der Waals surface area (Å²) in [4.78, 5) is 13.0. The maximum absolute atomic E-state index is 12.1. The zero-order valence-electron chi connectivity index (χ0n) is 9.20. The van der Waals surface area contributed by atoms with Gasteiger partial charge in [0.2, 0.25) is 5.12 Å². The summed E-state index contributed by atoms with van der Waals surface area (Å²) in [5.74, 6) is 0.698. The Hall–Kier alpha value is -1.24. The monoisotopic (exact) mass is 292 g/mol. The molecule has 2 aromatic heterocycles. The van der Waals surface area contributed by atoms with E-state index in [1.54, 1.807) is 0 Å². The van der Waals surface area contributed by atoms with E-state index in [0.717, 1.165) is 20.7 Å². The Bertz CT molecular complexity index is 675. The van der Waals surface area contributed by atoms with Crippen molar-refractivity contribution >= 4 is 49.3 Å². The molecule has 0 aliphatic heterocycles. The van der Waals surface area contributed by atoms with Crippen molar-refractivity contribution < 1.29 is 4.79 Å². The number of hydrogen-bond donors (Lipinski definition) is 0. The molecule has 18 heavy (non-hydrogen) atoms. The van der Waals surface area contributed by atoms with E-state index in [1.807, 2.05) is 35.7 Å². The second-order valence-electron chi connectivity index (χ2n) is 3.62. The second kappa shape index (κ2) is 5.17. The van der Waals surface area contributed by atoms with Gasteiger partial charge in [-0.15, -0.1) is 16.4 Å². The Labute approximate surface area is 116 Å². The highest BCUT2D eigenvalue weighted by molar-refractivity contribution is 8.13. The molecule has 0 unspecified atom stereocenters. The van der Waals surface area contributed by atoms with Crippen molar-refractivity contribution in [1.82, 2.24) is 9.59 Å². The number of nitrogens with zero attached hydrogens (tertiary/aromatic N) is 2. The fraction of sp³-hybridized carbons (Fsp3) is 0.0833. The maximum atomic E-state index is 12.1. The highest BCUT2D eigenvalue weighted by Gasteiger charge is 2.15. The second-order valence-corrected chi connectivity index (χ2v) is 6.18. The number of carbonyl (C=O) groups is 1. The van der Waals surface area contributed by atoms with E-state index in [9.17, 15) is 4.79 Å². The first-order chi connectivity index (χ1) is 8.84. The quantitative estimate of drug-likeness (QED) is 0.736. The first-order valence-corrected chi connectivity index (χ1v) is 7.89. The number of aromatic nitrogens is 2. The van der Waals surface area contributed by atoms with Crippen LogP contribution >= 0.6 is 34.6 Å². The van der Waals surface area contributed by atoms with Crippen LogP contribution in [0.25, 0.3) is 9.53 Å². The van der Waals surface area contributed by atoms with E-state index < -0.39 is 0 Å². The third-order valence-corrected chi connectivity index (χ3v) is 5.13. The van der Waals surface area contributed by atoms with Crippen LogP contribution in [0.3, 0.4) is 0 Å². The fourth-order valence-corrected chi connectivity index (χ4v) is 4.19. The summed E-state index contributed by atoms with van der Waals surface area (Å²) in [5.41, 5.74) is 1.90. The van der Waals surface area contributed by atoms with E-state index in [4.69, 9.17) is 0 Å². The van der Waals surface area contributed by atoms with Gasteiger partial charge in [0.05, 0.1) is 10.3 Å². The molecule has 0 bridgehead atoms. The smallest absolute Gasteiger partial charge is 0.222 e. The molecule has 0 amide bonds. The Morgan fingerprint density at radius 3 is 2.94 bits per heavy atom. The summed E-state index contributed by atoms with van der Waals surface area (Å²) in [6.07, 6.45) is 0. The number of carbonyl (C=O) groups excluding carboxylic acids is 1. The molecule has 0 fully saturated rings. The molecule has 0 aliphatic carbocycles. The van der Waals surface area contributed by atoms with Gasteiger partial charge < -0.3 is 0 Å². The third kappa shape index (κ3) is 2.31. The minimum atomic E-state index is 0.0937. The largest absolute Gasteiger partial charge is 0.281 e. The molecular formula is C12H8N2OS3. The van der Waals surface area contributed by atoms with E-state index in [-0.39, 0.29) is 5.12 Å². The zero-order chi connectivity index (χ0) is 12.4. The molecule has 1 aromatic carbocycles. The molecule has 2 heterocycles. The lowest BCUT2D eigenvalue weighted by Crippen LogP contribution is -1.92. The summed E-state index contributed by atoms with van der Waals surface area (Å²) in [6.45, 7) is 0. The minimum absolute atomic E-state index is 0.0937. The molecule has 6 heteroatoms. The summed E-state index contributed by atoms with van der Waals surface area (Å²) in [5, 5.41) is 5.93. The highest BCUT2D eigenvalue weighted by atomic mass is 32.2. The van der Waals surface area contributed by atoms with E-state index in [1.165, 1.54) is 34.6 Å². The molecule has 0 radical (unpaired) electrons. The van der Waals surface area contributed by atoms with Crippen molar-refractivity contribution in [3.63, 3.8) is 0 Å². The molecule has 90 valence electrons. The van der Waals surface area contributed by atoms with Crippen molar-refractivity contribution in [2.45, 2.75) is 5.75 Å². The first-order valence-electron chi connectivity index (χ1n) is 5.25. The van der Waals surface area contributed by atoms with Crippen LogP contribution < -0.4 is 0 Å². The maximum Gasteiger partial charge on any atom is 0.222 e. The van der Waals surface area contributed by atoms with Crippen molar-refractivity contribution in [3.8, 4) is 0 Å². The molecular weight excluding hydrogens is 284 g/mol. The van der Waals surface area contributed by atoms with Crippen molar-refractivity contribution in [1.29, 1.82) is 0 Å². The summed E-state index contributed by atoms with van der Waals surface area (Å²) in [7, 11) is 0. The van der Waals surface area contributed by atoms with Crippen LogP contribution in [0.2, 0.25) is 0 Å². The molecule has 3 rings (SSSR count). The molecule has 0 spiro atoms. The van der Waals surface area contributed by atoms with Crippen LogP contribution in [0.15, 0.2) is 35.7 Å². The van der Waals surface area contributed by atoms with Gasteiger partial charge in [0, 0.05) is 11.1 Å². The van der Waals surface area contributed by atoms with Crippen LogP contribution in [-0.4, -0.2) is 14.7 Å². The highest BCUT2D eigenvalue weighted by Crippen LogP contribution is 2.30. The predicted octanol–water partition coefficient (Wildman–Crippen LogP) is 3.83. The molecule has 0 aliphatic rings. The minimum Gasteiger partial charge on any atom is -0.281 e. The summed E-state index contributed by atoms with van der Waals surface area (Å²) in [6, 6.07) is 9.99. The predicted molar refractivity (Wildman–Crippen MR) is 77.4 cm³/mol. The Kier molecular flexibility index (Phi) is 3.40. The lowest BCUT2D eigenvalue weighted by molar-refractivity contribution is 0.109. The van der Waals surface area contributed by atoms with Gasteiger partial charge in [0.15, 0.2) is 4.83 Å². The SMILES string of the molecule is O=C(SCc1ccccc1)c1csc2nnsc12. The molecule has 0 saturated heterocycles. The number of benzene rings is 1. The summed E-state index contributed by atoms with van der Waals surface area (Å²) < 4.78 is 4.77. The first kappa shape index (κ1) is 11.8. The fourth-order valence-electron chi connectivity index (χ4n) is 1.53. The average Bonchev–Trinajstić information content (AvgIpc) is 2.99. The van der Waals surface area contributed by atoms with Gasteiger partial charge in [-0.2, -0.15) is 0 Å². The normalized spacial score (nSPS) is 10.9. The van der Waals surface area contributed by atoms with E-state index in [0.29, 0.717) is 5.75 Å². The van der Waals surface area contributed by atoms with Crippen LogP contribution in [0.5, 0.6) is 0 Å². The molecule has 3 aromatic rings. The molecule has 3 nitrogen and oxygen atoms in total. The summed E-state index contributed by atoms with van der Waals surface area (Å²) >= 11 is 4.08. The van der Waals surface area contributed by atoms with Crippen LogP contribution in [0.1, 0.15) is 15.9 Å². The van der Waals surface area contributed by atoms with Crippen molar-refractivity contribution in [2.75, 3.05) is 0 Å². The van der Waals surface area contributed by atoms with Gasteiger partial charge in [0.25, 0.3) is 0 Å². The Morgan fingerprint density at radius 1 is 1.28 bits per heavy atom. The number of rotatable bonds is 3. The molecule has 0 N–H and O–H groups in total. The van der Waals surface area contributed by atoms with Gasteiger partial charge in [-0.25, -0.2) is 0 Å². The van der Waals surface area contributed by atoms with Crippen LogP contribution in [0, 0.1) is 0 Å². The van der Waals surface area contributed by atoms with E-state index >= 15 is 0 Å². The topological polar surface area (TPSA) is 42.9 Å². The zero-order valence-corrected chi connectivity index (χ0v) is 11.6. The standard InChI is InChI=1S/C12H8N2OS3/c15-12(17-6-8-4-2-1-3-5-8)9-7-16-11-10(9)18-14-13-11/h1-5,7H,6H2. The molecule has 0 atom stereocenters. The van der Waals surface area contributed by atoms with Crippen LogP contribution in [0.4, 0.5) is 0 Å². The number of thiophene rings is 1. The van der Waals surface area contributed by atoms with Gasteiger partial charge in [-0.1, -0.05) is 46.6 Å². The van der Waals surface area contributed by atoms with Crippen molar-refractivity contribution in [3.05, 3.63) is 46.8 Å². The van der Waals surface area contributed by atoms with E-state index in [2.05, 4.69) is 9.59 Å². The lowest BCUT2D eigenvalue weighted by Gasteiger charge is -1.99. The Balaban J connectivity index is 1.74. The van der Waals surface area contributed by atoms with Gasteiger partial charge in [-0.3, -0.25) is 4.79 Å². The van der Waals surface area contributed by atoms with Crippen molar-refractivity contribution in [2.24, 2.45) is 0 Å². The number of fused-ring (bicyclic) bond motifs is 1. The van der Waals surface area contributed by atoms with Gasteiger partial charge in [0.1, 0.15) is 0 Å².